The third-order valence-electron chi connectivity index (χ3n) is 0.477. The van der Waals surface area contributed by atoms with Crippen molar-refractivity contribution < 1.29 is 0 Å². The first-order chi connectivity index (χ1) is 3.77. The maximum atomic E-state index is 3.77. The van der Waals surface area contributed by atoms with Gasteiger partial charge in [0.15, 0.2) is 0 Å². The zero-order valence-electron chi connectivity index (χ0n) is 5.26. The Kier molecular flexibility index (Phi) is 3.76. The van der Waals surface area contributed by atoms with Crippen molar-refractivity contribution >= 4 is 12.6 Å². The molecule has 0 aromatic carbocycles. The van der Waals surface area contributed by atoms with Crippen LogP contribution in [-0.4, -0.2) is 19.6 Å². The Labute approximate surface area is 49.7 Å². The quantitative estimate of drug-likeness (QED) is 0.378. The summed E-state index contributed by atoms with van der Waals surface area (Å²) in [5.74, 6) is 0. The van der Waals surface area contributed by atoms with E-state index in [-0.39, 0.29) is 0 Å². The molecule has 8 heavy (non-hydrogen) atoms. The highest BCUT2D eigenvalue weighted by molar-refractivity contribution is 5.83. The van der Waals surface area contributed by atoms with E-state index in [9.17, 15) is 0 Å². The molecule has 0 saturated carbocycles. The average Bonchev–Trinajstić information content (AvgIpc) is 1.66. The van der Waals surface area contributed by atoms with Gasteiger partial charge in [0, 0.05) is 13.3 Å². The van der Waals surface area contributed by atoms with Crippen LogP contribution in [0, 0.1) is 0 Å². The van der Waals surface area contributed by atoms with Gasteiger partial charge in [0.1, 0.15) is 6.34 Å². The highest BCUT2D eigenvalue weighted by Crippen LogP contribution is 1.76. The molecule has 2 heteroatoms. The lowest BCUT2D eigenvalue weighted by Gasteiger charge is -1.77. The predicted molar refractivity (Wildman–Crippen MR) is 37.7 cm³/mol. The minimum atomic E-state index is 0.935. The molecular formula is C6H10N2. The summed E-state index contributed by atoms with van der Waals surface area (Å²) in [7, 11) is 1.68. The van der Waals surface area contributed by atoms with Crippen LogP contribution in [0.3, 0.4) is 0 Å². The monoisotopic (exact) mass is 110 g/mol. The van der Waals surface area contributed by atoms with Crippen LogP contribution in [0.15, 0.2) is 22.1 Å². The van der Waals surface area contributed by atoms with E-state index in [0.717, 1.165) is 5.57 Å². The fourth-order valence-corrected chi connectivity index (χ4v) is 0.227. The number of rotatable bonds is 2. The van der Waals surface area contributed by atoms with Crippen LogP contribution in [0.5, 0.6) is 0 Å². The Morgan fingerprint density at radius 2 is 2.25 bits per heavy atom. The van der Waals surface area contributed by atoms with E-state index in [2.05, 4.69) is 16.6 Å². The molecule has 0 amide bonds. The normalized spacial score (nSPS) is 11.2. The second kappa shape index (κ2) is 4.24. The molecule has 0 aromatic rings. The zero-order chi connectivity index (χ0) is 6.41. The van der Waals surface area contributed by atoms with E-state index >= 15 is 0 Å². The lowest BCUT2D eigenvalue weighted by Crippen LogP contribution is -1.73. The third-order valence-corrected chi connectivity index (χ3v) is 0.477. The van der Waals surface area contributed by atoms with Gasteiger partial charge in [-0.3, -0.25) is 4.99 Å². The summed E-state index contributed by atoms with van der Waals surface area (Å²) in [5, 5.41) is 0. The van der Waals surface area contributed by atoms with Crippen molar-refractivity contribution in [3.63, 3.8) is 0 Å². The van der Waals surface area contributed by atoms with Crippen molar-refractivity contribution in [1.29, 1.82) is 0 Å². The summed E-state index contributed by atoms with van der Waals surface area (Å²) < 4.78 is 0. The van der Waals surface area contributed by atoms with Crippen LogP contribution in [0.4, 0.5) is 0 Å². The first-order valence-corrected chi connectivity index (χ1v) is 2.36. The summed E-state index contributed by atoms with van der Waals surface area (Å²) in [5.41, 5.74) is 0.935. The van der Waals surface area contributed by atoms with Crippen molar-refractivity contribution in [2.45, 2.75) is 6.92 Å². The predicted octanol–water partition coefficient (Wildman–Crippen LogP) is 1.29. The second-order valence-electron chi connectivity index (χ2n) is 1.50. The molecule has 0 heterocycles. The van der Waals surface area contributed by atoms with Crippen molar-refractivity contribution in [3.05, 3.63) is 12.2 Å². The molecule has 0 saturated heterocycles. The zero-order valence-corrected chi connectivity index (χ0v) is 5.26. The molecular weight excluding hydrogens is 100 g/mol. The van der Waals surface area contributed by atoms with Gasteiger partial charge in [-0.05, 0) is 12.5 Å². The molecule has 0 aliphatic heterocycles. The minimum Gasteiger partial charge on any atom is -0.277 e. The molecule has 0 unspecified atom stereocenters. The van der Waals surface area contributed by atoms with Gasteiger partial charge in [-0.25, -0.2) is 4.99 Å². The van der Waals surface area contributed by atoms with Gasteiger partial charge in [-0.15, -0.1) is 0 Å². The average molecular weight is 110 g/mol. The maximum Gasteiger partial charge on any atom is 0.109 e. The molecule has 0 fully saturated rings. The molecule has 0 aliphatic carbocycles. The molecule has 0 N–H and O–H groups in total. The van der Waals surface area contributed by atoms with Crippen molar-refractivity contribution in [2.75, 3.05) is 7.05 Å². The maximum absolute atomic E-state index is 3.77. The van der Waals surface area contributed by atoms with E-state index in [4.69, 9.17) is 0 Å². The van der Waals surface area contributed by atoms with Gasteiger partial charge in [-0.2, -0.15) is 0 Å². The third kappa shape index (κ3) is 5.08. The lowest BCUT2D eigenvalue weighted by atomic mass is 10.4. The number of allylic oxidation sites excluding steroid dienone is 1. The van der Waals surface area contributed by atoms with Gasteiger partial charge in [0.25, 0.3) is 0 Å². The number of aliphatic imine (C=N–C) groups is 2. The first-order valence-electron chi connectivity index (χ1n) is 2.36. The standard InChI is InChI=1S/C6H10N2/c1-6(2)4-8-5-7-3/h4-5H,1H2,2-3H3. The highest BCUT2D eigenvalue weighted by atomic mass is 14.8. The first kappa shape index (κ1) is 7.08. The number of hydrogen-bond acceptors (Lipinski definition) is 1. The van der Waals surface area contributed by atoms with Gasteiger partial charge >= 0.3 is 0 Å². The van der Waals surface area contributed by atoms with Gasteiger partial charge < -0.3 is 0 Å². The van der Waals surface area contributed by atoms with Crippen molar-refractivity contribution in [1.82, 2.24) is 0 Å². The molecule has 0 radical (unpaired) electrons. The van der Waals surface area contributed by atoms with Crippen molar-refractivity contribution in [2.24, 2.45) is 9.98 Å². The SMILES string of the molecule is C=C(C)C=NC=NC. The van der Waals surface area contributed by atoms with Crippen LogP contribution in [0.1, 0.15) is 6.92 Å². The van der Waals surface area contributed by atoms with Gasteiger partial charge in [0.2, 0.25) is 0 Å². The van der Waals surface area contributed by atoms with Crippen LogP contribution in [0.25, 0.3) is 0 Å². The molecule has 0 aliphatic rings. The van der Waals surface area contributed by atoms with Crippen LogP contribution in [-0.2, 0) is 0 Å². The summed E-state index contributed by atoms with van der Waals surface area (Å²) in [4.78, 5) is 7.42. The van der Waals surface area contributed by atoms with E-state index in [1.54, 1.807) is 13.3 Å². The summed E-state index contributed by atoms with van der Waals surface area (Å²) in [6, 6.07) is 0. The summed E-state index contributed by atoms with van der Waals surface area (Å²) in [6.45, 7) is 5.50. The van der Waals surface area contributed by atoms with Gasteiger partial charge in [-0.1, -0.05) is 6.58 Å². The smallest absolute Gasteiger partial charge is 0.109 e. The second-order valence-corrected chi connectivity index (χ2v) is 1.50. The summed E-state index contributed by atoms with van der Waals surface area (Å²) >= 11 is 0. The molecule has 0 spiro atoms. The minimum absolute atomic E-state index is 0.935. The molecule has 0 aromatic heterocycles. The van der Waals surface area contributed by atoms with Crippen LogP contribution in [0.2, 0.25) is 0 Å². The van der Waals surface area contributed by atoms with E-state index < -0.39 is 0 Å². The molecule has 44 valence electrons. The molecule has 0 bridgehead atoms. The fourth-order valence-electron chi connectivity index (χ4n) is 0.227. The Balaban J connectivity index is 3.50. The van der Waals surface area contributed by atoms with E-state index in [0.29, 0.717) is 0 Å². The van der Waals surface area contributed by atoms with Crippen LogP contribution >= 0.6 is 0 Å². The van der Waals surface area contributed by atoms with Crippen molar-refractivity contribution in [3.8, 4) is 0 Å². The lowest BCUT2D eigenvalue weighted by molar-refractivity contribution is 1.44. The Morgan fingerprint density at radius 3 is 2.62 bits per heavy atom. The largest absolute Gasteiger partial charge is 0.277 e. The highest BCUT2D eigenvalue weighted by Gasteiger charge is 1.68. The summed E-state index contributed by atoms with van der Waals surface area (Å²) in [6.07, 6.45) is 3.14. The number of hydrogen-bond donors (Lipinski definition) is 0. The number of nitrogens with zero attached hydrogens (tertiary/aromatic N) is 2. The molecule has 0 atom stereocenters. The fraction of sp³-hybridized carbons (Fsp3) is 0.333. The molecule has 0 rings (SSSR count). The Bertz CT molecular complexity index is 122. The van der Waals surface area contributed by atoms with E-state index in [1.165, 1.54) is 6.34 Å². The molecule has 2 nitrogen and oxygen atoms in total. The van der Waals surface area contributed by atoms with Crippen LogP contribution < -0.4 is 0 Å². The Morgan fingerprint density at radius 1 is 1.62 bits per heavy atom. The van der Waals surface area contributed by atoms with E-state index in [1.807, 2.05) is 6.92 Å². The van der Waals surface area contributed by atoms with Gasteiger partial charge in [0.05, 0.1) is 0 Å². The Hall–Kier alpha value is -0.920. The topological polar surface area (TPSA) is 24.7 Å².